The van der Waals surface area contributed by atoms with Gasteiger partial charge >= 0.3 is 12.0 Å². The topological polar surface area (TPSA) is 69.6 Å². The summed E-state index contributed by atoms with van der Waals surface area (Å²) in [6, 6.07) is 5.08. The van der Waals surface area contributed by atoms with E-state index in [2.05, 4.69) is 5.32 Å². The molecule has 0 spiro atoms. The number of aryl methyl sites for hydroxylation is 1. The molecule has 2 N–H and O–H groups in total. The maximum Gasteiger partial charge on any atom is 0.321 e. The molecule has 0 bridgehead atoms. The van der Waals surface area contributed by atoms with Gasteiger partial charge in [0.05, 0.1) is 5.92 Å². The number of benzene rings is 1. The molecule has 1 heterocycles. The number of nitrogens with zero attached hydrogens (tertiary/aromatic N) is 1. The number of carboxylic acid groups (broad SMARTS) is 1. The van der Waals surface area contributed by atoms with E-state index < -0.39 is 5.97 Å². The van der Waals surface area contributed by atoms with Gasteiger partial charge in [-0.2, -0.15) is 0 Å². The van der Waals surface area contributed by atoms with Gasteiger partial charge in [-0.1, -0.05) is 11.6 Å². The van der Waals surface area contributed by atoms with Crippen LogP contribution in [-0.2, 0) is 4.79 Å². The lowest BCUT2D eigenvalue weighted by molar-refractivity contribution is -0.143. The molecule has 0 saturated carbocycles. The van der Waals surface area contributed by atoms with Crippen LogP contribution < -0.4 is 5.32 Å². The smallest absolute Gasteiger partial charge is 0.321 e. The molecule has 20 heavy (non-hydrogen) atoms. The number of carboxylic acids is 1. The molecule has 108 valence electrons. The number of piperidine rings is 1. The standard InChI is InChI=1S/C14H17ClN2O3/c1-9-8-11(15)2-3-12(9)16-14(20)17-6-4-10(5-7-17)13(18)19/h2-3,8,10H,4-7H2,1H3,(H,16,20)(H,18,19). The van der Waals surface area contributed by atoms with E-state index in [-0.39, 0.29) is 11.9 Å². The van der Waals surface area contributed by atoms with Crippen LogP contribution in [0, 0.1) is 12.8 Å². The molecule has 2 rings (SSSR count). The maximum atomic E-state index is 12.1. The van der Waals surface area contributed by atoms with Crippen LogP contribution >= 0.6 is 11.6 Å². The Kier molecular flexibility index (Phi) is 4.49. The molecule has 0 atom stereocenters. The minimum absolute atomic E-state index is 0.195. The Morgan fingerprint density at radius 2 is 2.00 bits per heavy atom. The Balaban J connectivity index is 1.94. The van der Waals surface area contributed by atoms with Crippen LogP contribution in [0.1, 0.15) is 18.4 Å². The van der Waals surface area contributed by atoms with Crippen molar-refractivity contribution in [3.8, 4) is 0 Å². The van der Waals surface area contributed by atoms with E-state index in [1.54, 1.807) is 23.1 Å². The lowest BCUT2D eigenvalue weighted by Gasteiger charge is -2.30. The van der Waals surface area contributed by atoms with Gasteiger partial charge in [0.25, 0.3) is 0 Å². The summed E-state index contributed by atoms with van der Waals surface area (Å²) < 4.78 is 0. The van der Waals surface area contributed by atoms with Crippen molar-refractivity contribution in [3.63, 3.8) is 0 Å². The first-order valence-electron chi connectivity index (χ1n) is 6.52. The molecule has 1 aromatic rings. The summed E-state index contributed by atoms with van der Waals surface area (Å²) >= 11 is 5.87. The van der Waals surface area contributed by atoms with Crippen molar-refractivity contribution >= 4 is 29.3 Å². The van der Waals surface area contributed by atoms with Gasteiger partial charge in [0.15, 0.2) is 0 Å². The van der Waals surface area contributed by atoms with Crippen molar-refractivity contribution in [2.24, 2.45) is 5.92 Å². The predicted molar refractivity (Wildman–Crippen MR) is 77.1 cm³/mol. The molecule has 1 aromatic carbocycles. The fraction of sp³-hybridized carbons (Fsp3) is 0.429. The Labute approximate surface area is 122 Å². The quantitative estimate of drug-likeness (QED) is 0.881. The molecule has 1 aliphatic heterocycles. The van der Waals surface area contributed by atoms with Crippen LogP contribution in [0.5, 0.6) is 0 Å². The third-order valence-corrected chi connectivity index (χ3v) is 3.80. The Morgan fingerprint density at radius 3 is 2.55 bits per heavy atom. The summed E-state index contributed by atoms with van der Waals surface area (Å²) in [4.78, 5) is 24.6. The minimum Gasteiger partial charge on any atom is -0.481 e. The van der Waals surface area contributed by atoms with E-state index in [9.17, 15) is 9.59 Å². The van der Waals surface area contributed by atoms with Crippen molar-refractivity contribution in [1.82, 2.24) is 4.90 Å². The molecule has 2 amide bonds. The number of nitrogens with one attached hydrogen (secondary N) is 1. The fourth-order valence-electron chi connectivity index (χ4n) is 2.29. The molecule has 0 aliphatic carbocycles. The van der Waals surface area contributed by atoms with Gasteiger partial charge in [-0.25, -0.2) is 4.79 Å². The second kappa shape index (κ2) is 6.13. The van der Waals surface area contributed by atoms with Gasteiger partial charge in [0, 0.05) is 23.8 Å². The molecular formula is C14H17ClN2O3. The van der Waals surface area contributed by atoms with Crippen LogP contribution in [0.25, 0.3) is 0 Å². The van der Waals surface area contributed by atoms with Crippen molar-refractivity contribution in [3.05, 3.63) is 28.8 Å². The van der Waals surface area contributed by atoms with Crippen molar-refractivity contribution in [1.29, 1.82) is 0 Å². The summed E-state index contributed by atoms with van der Waals surface area (Å²) in [7, 11) is 0. The second-order valence-electron chi connectivity index (χ2n) is 4.99. The summed E-state index contributed by atoms with van der Waals surface area (Å²) in [5, 5.41) is 12.4. The second-order valence-corrected chi connectivity index (χ2v) is 5.43. The van der Waals surface area contributed by atoms with Gasteiger partial charge in [0.2, 0.25) is 0 Å². The van der Waals surface area contributed by atoms with Gasteiger partial charge in [-0.3, -0.25) is 4.79 Å². The molecule has 0 aromatic heterocycles. The lowest BCUT2D eigenvalue weighted by atomic mass is 9.97. The number of anilines is 1. The minimum atomic E-state index is -0.779. The summed E-state index contributed by atoms with van der Waals surface area (Å²) in [6.45, 7) is 2.81. The first-order chi connectivity index (χ1) is 9.47. The van der Waals surface area contributed by atoms with Crippen LogP contribution in [0.4, 0.5) is 10.5 Å². The van der Waals surface area contributed by atoms with Crippen LogP contribution in [-0.4, -0.2) is 35.1 Å². The molecule has 1 saturated heterocycles. The number of likely N-dealkylation sites (tertiary alicyclic amines) is 1. The van der Waals surface area contributed by atoms with E-state index in [4.69, 9.17) is 16.7 Å². The number of rotatable bonds is 2. The molecule has 5 nitrogen and oxygen atoms in total. The fourth-order valence-corrected chi connectivity index (χ4v) is 2.52. The number of hydrogen-bond acceptors (Lipinski definition) is 2. The zero-order valence-electron chi connectivity index (χ0n) is 11.2. The number of hydrogen-bond donors (Lipinski definition) is 2. The highest BCUT2D eigenvalue weighted by atomic mass is 35.5. The van der Waals surface area contributed by atoms with Gasteiger partial charge < -0.3 is 15.3 Å². The molecular weight excluding hydrogens is 280 g/mol. The zero-order chi connectivity index (χ0) is 14.7. The van der Waals surface area contributed by atoms with E-state index in [1.165, 1.54) is 0 Å². The van der Waals surface area contributed by atoms with Crippen LogP contribution in [0.15, 0.2) is 18.2 Å². The van der Waals surface area contributed by atoms with E-state index >= 15 is 0 Å². The number of carbonyl (C=O) groups excluding carboxylic acids is 1. The van der Waals surface area contributed by atoms with E-state index in [0.29, 0.717) is 31.0 Å². The third-order valence-electron chi connectivity index (χ3n) is 3.56. The number of aliphatic carboxylic acids is 1. The monoisotopic (exact) mass is 296 g/mol. The molecule has 0 unspecified atom stereocenters. The lowest BCUT2D eigenvalue weighted by Crippen LogP contribution is -2.42. The van der Waals surface area contributed by atoms with Gasteiger partial charge in [-0.15, -0.1) is 0 Å². The number of urea groups is 1. The highest BCUT2D eigenvalue weighted by Gasteiger charge is 2.27. The molecule has 6 heteroatoms. The van der Waals surface area contributed by atoms with Crippen molar-refractivity contribution in [2.45, 2.75) is 19.8 Å². The summed E-state index contributed by atoms with van der Waals surface area (Å²) in [5.41, 5.74) is 1.62. The zero-order valence-corrected chi connectivity index (χ0v) is 12.0. The van der Waals surface area contributed by atoms with Gasteiger partial charge in [-0.05, 0) is 43.5 Å². The number of carbonyl (C=O) groups is 2. The molecule has 1 fully saturated rings. The van der Waals surface area contributed by atoms with E-state index in [0.717, 1.165) is 11.3 Å². The Hall–Kier alpha value is -1.75. The highest BCUT2D eigenvalue weighted by molar-refractivity contribution is 6.30. The van der Waals surface area contributed by atoms with E-state index in [1.807, 2.05) is 6.92 Å². The van der Waals surface area contributed by atoms with Crippen LogP contribution in [0.3, 0.4) is 0 Å². The van der Waals surface area contributed by atoms with Crippen molar-refractivity contribution < 1.29 is 14.7 Å². The first-order valence-corrected chi connectivity index (χ1v) is 6.90. The third kappa shape index (κ3) is 3.42. The predicted octanol–water partition coefficient (Wildman–Crippen LogP) is 2.98. The van der Waals surface area contributed by atoms with Gasteiger partial charge in [0.1, 0.15) is 0 Å². The normalized spacial score (nSPS) is 16.0. The first kappa shape index (κ1) is 14.7. The maximum absolute atomic E-state index is 12.1. The van der Waals surface area contributed by atoms with Crippen LogP contribution in [0.2, 0.25) is 5.02 Å². The average molecular weight is 297 g/mol. The summed E-state index contributed by atoms with van der Waals surface area (Å²) in [6.07, 6.45) is 1.00. The summed E-state index contributed by atoms with van der Waals surface area (Å²) in [5.74, 6) is -1.12. The Morgan fingerprint density at radius 1 is 1.35 bits per heavy atom. The SMILES string of the molecule is Cc1cc(Cl)ccc1NC(=O)N1CCC(C(=O)O)CC1. The number of halogens is 1. The highest BCUT2D eigenvalue weighted by Crippen LogP contribution is 2.22. The van der Waals surface area contributed by atoms with Crippen molar-refractivity contribution in [2.75, 3.05) is 18.4 Å². The molecule has 0 radical (unpaired) electrons. The number of amides is 2. The molecule has 1 aliphatic rings. The largest absolute Gasteiger partial charge is 0.481 e. The Bertz CT molecular complexity index is 525. The average Bonchev–Trinajstić information content (AvgIpc) is 2.42.